The number of hydrogen-bond acceptors (Lipinski definition) is 4. The topological polar surface area (TPSA) is 48.1 Å². The molecule has 1 fully saturated rings. The lowest BCUT2D eigenvalue weighted by molar-refractivity contribution is -0.140. The molecule has 1 unspecified atom stereocenters. The number of aryl methyl sites for hydroxylation is 1. The van der Waals surface area contributed by atoms with Gasteiger partial charge in [-0.3, -0.25) is 4.79 Å². The van der Waals surface area contributed by atoms with Crippen molar-refractivity contribution in [1.29, 1.82) is 0 Å². The van der Waals surface area contributed by atoms with Crippen molar-refractivity contribution >= 4 is 5.97 Å². The van der Waals surface area contributed by atoms with Crippen LogP contribution in [-0.2, 0) is 20.7 Å². The van der Waals surface area contributed by atoms with Gasteiger partial charge < -0.3 is 14.2 Å². The molecule has 1 atom stereocenters. The van der Waals surface area contributed by atoms with Gasteiger partial charge in [-0.1, -0.05) is 57.1 Å². The number of esters is 1. The minimum Gasteiger partial charge on any atom is -0.491 e. The molecule has 0 radical (unpaired) electrons. The Morgan fingerprint density at radius 1 is 0.962 bits per heavy atom. The average Bonchev–Trinajstić information content (AvgIpc) is 3.49. The van der Waals surface area contributed by atoms with Crippen molar-refractivity contribution in [2.24, 2.45) is 0 Å². The maximum atomic E-state index is 11.0. The molecule has 4 nitrogen and oxygen atoms in total. The summed E-state index contributed by atoms with van der Waals surface area (Å²) >= 11 is 0. The molecule has 1 aliphatic heterocycles. The third-order valence-electron chi connectivity index (χ3n) is 4.84. The zero-order chi connectivity index (χ0) is 18.5. The zero-order valence-electron chi connectivity index (χ0n) is 16.2. The Labute approximate surface area is 158 Å². The Morgan fingerprint density at radius 3 is 2.12 bits per heavy atom. The molecule has 0 N–H and O–H groups in total. The van der Waals surface area contributed by atoms with E-state index in [1.165, 1.54) is 57.6 Å². The van der Waals surface area contributed by atoms with Crippen molar-refractivity contribution in [3.05, 3.63) is 29.8 Å². The van der Waals surface area contributed by atoms with Crippen LogP contribution in [0.25, 0.3) is 0 Å². The molecular formula is C22H34O4. The first-order chi connectivity index (χ1) is 12.8. The van der Waals surface area contributed by atoms with Crippen LogP contribution in [0.15, 0.2) is 24.3 Å². The number of benzene rings is 1. The minimum atomic E-state index is -0.0833. The number of carbonyl (C=O) groups excluding carboxylic acids is 1. The summed E-state index contributed by atoms with van der Waals surface area (Å²) in [5.74, 6) is 0.857. The van der Waals surface area contributed by atoms with Crippen LogP contribution in [-0.4, -0.2) is 32.4 Å². The van der Waals surface area contributed by atoms with Crippen LogP contribution in [0.4, 0.5) is 0 Å². The molecule has 0 aliphatic carbocycles. The number of rotatable bonds is 15. The van der Waals surface area contributed by atoms with E-state index in [2.05, 4.69) is 29.0 Å². The van der Waals surface area contributed by atoms with Crippen LogP contribution < -0.4 is 4.74 Å². The highest BCUT2D eigenvalue weighted by Crippen LogP contribution is 2.17. The second kappa shape index (κ2) is 12.7. The van der Waals surface area contributed by atoms with E-state index in [4.69, 9.17) is 9.47 Å². The maximum Gasteiger partial charge on any atom is 0.305 e. The van der Waals surface area contributed by atoms with E-state index in [1.54, 1.807) is 0 Å². The minimum absolute atomic E-state index is 0.0833. The summed E-state index contributed by atoms with van der Waals surface area (Å²) in [5, 5.41) is 0. The first-order valence-electron chi connectivity index (χ1n) is 10.2. The van der Waals surface area contributed by atoms with Gasteiger partial charge in [-0.2, -0.15) is 0 Å². The molecule has 2 rings (SSSR count). The van der Waals surface area contributed by atoms with E-state index in [0.29, 0.717) is 19.1 Å². The van der Waals surface area contributed by atoms with Gasteiger partial charge in [-0.15, -0.1) is 0 Å². The van der Waals surface area contributed by atoms with Crippen LogP contribution >= 0.6 is 0 Å². The smallest absolute Gasteiger partial charge is 0.305 e. The molecular weight excluding hydrogens is 328 g/mol. The van der Waals surface area contributed by atoms with E-state index in [9.17, 15) is 4.79 Å². The van der Waals surface area contributed by atoms with Gasteiger partial charge in [0.15, 0.2) is 0 Å². The Balaban J connectivity index is 1.37. The summed E-state index contributed by atoms with van der Waals surface area (Å²) in [6, 6.07) is 8.49. The molecule has 146 valence electrons. The van der Waals surface area contributed by atoms with Gasteiger partial charge in [0.05, 0.1) is 13.7 Å². The van der Waals surface area contributed by atoms with E-state index >= 15 is 0 Å². The maximum absolute atomic E-state index is 11.0. The molecule has 1 aromatic rings. The summed E-state index contributed by atoms with van der Waals surface area (Å²) in [4.78, 5) is 11.0. The highest BCUT2D eigenvalue weighted by atomic mass is 16.6. The summed E-state index contributed by atoms with van der Waals surface area (Å²) in [7, 11) is 1.46. The third-order valence-corrected chi connectivity index (χ3v) is 4.84. The number of epoxide rings is 1. The van der Waals surface area contributed by atoms with E-state index in [1.807, 2.05) is 0 Å². The molecule has 1 saturated heterocycles. The third kappa shape index (κ3) is 9.81. The van der Waals surface area contributed by atoms with E-state index in [0.717, 1.165) is 31.6 Å². The number of carbonyl (C=O) groups is 1. The van der Waals surface area contributed by atoms with Gasteiger partial charge in [0.25, 0.3) is 0 Å². The molecule has 0 bridgehead atoms. The van der Waals surface area contributed by atoms with E-state index < -0.39 is 0 Å². The number of methoxy groups -OCH3 is 1. The predicted molar refractivity (Wildman–Crippen MR) is 104 cm³/mol. The Hall–Kier alpha value is -1.55. The fourth-order valence-electron chi connectivity index (χ4n) is 3.04. The van der Waals surface area contributed by atoms with Crippen molar-refractivity contribution < 1.29 is 19.0 Å². The number of ether oxygens (including phenoxy) is 3. The summed E-state index contributed by atoms with van der Waals surface area (Å²) in [5.41, 5.74) is 1.39. The van der Waals surface area contributed by atoms with Crippen molar-refractivity contribution in [2.75, 3.05) is 20.3 Å². The second-order valence-corrected chi connectivity index (χ2v) is 7.17. The van der Waals surface area contributed by atoms with Crippen molar-refractivity contribution in [2.45, 2.75) is 76.7 Å². The molecule has 0 amide bonds. The van der Waals surface area contributed by atoms with Gasteiger partial charge in [-0.25, -0.2) is 0 Å². The second-order valence-electron chi connectivity index (χ2n) is 7.17. The summed E-state index contributed by atoms with van der Waals surface area (Å²) < 4.78 is 15.4. The molecule has 0 aromatic heterocycles. The van der Waals surface area contributed by atoms with Crippen LogP contribution in [0.5, 0.6) is 5.75 Å². The Kier molecular flexibility index (Phi) is 10.2. The number of hydrogen-bond donors (Lipinski definition) is 0. The largest absolute Gasteiger partial charge is 0.491 e. The van der Waals surface area contributed by atoms with Gasteiger partial charge in [0, 0.05) is 6.42 Å². The van der Waals surface area contributed by atoms with Gasteiger partial charge in [0.2, 0.25) is 0 Å². The Morgan fingerprint density at radius 2 is 1.54 bits per heavy atom. The Bertz CT molecular complexity index is 493. The molecule has 0 saturated carbocycles. The standard InChI is InChI=1S/C22H34O4/c1-24-22(23)12-10-8-6-4-2-3-5-7-9-11-19-13-15-20(16-14-19)25-17-21-18-26-21/h13-16,21H,2-12,17-18H2,1H3. The van der Waals surface area contributed by atoms with Crippen molar-refractivity contribution in [3.8, 4) is 5.75 Å². The van der Waals surface area contributed by atoms with Crippen LogP contribution in [0.3, 0.4) is 0 Å². The zero-order valence-corrected chi connectivity index (χ0v) is 16.2. The predicted octanol–water partition coefficient (Wildman–Crippen LogP) is 5.08. The first-order valence-corrected chi connectivity index (χ1v) is 10.2. The van der Waals surface area contributed by atoms with Crippen LogP contribution in [0.1, 0.15) is 69.8 Å². The highest BCUT2D eigenvalue weighted by molar-refractivity contribution is 5.68. The van der Waals surface area contributed by atoms with Gasteiger partial charge in [-0.05, 0) is 37.0 Å². The molecule has 1 aliphatic rings. The normalized spacial score (nSPS) is 15.7. The monoisotopic (exact) mass is 362 g/mol. The molecule has 1 aromatic carbocycles. The fourth-order valence-corrected chi connectivity index (χ4v) is 3.04. The fraction of sp³-hybridized carbons (Fsp3) is 0.682. The lowest BCUT2D eigenvalue weighted by Gasteiger charge is -2.06. The first kappa shape index (κ1) is 20.8. The van der Waals surface area contributed by atoms with Gasteiger partial charge in [0.1, 0.15) is 18.5 Å². The highest BCUT2D eigenvalue weighted by Gasteiger charge is 2.22. The van der Waals surface area contributed by atoms with E-state index in [-0.39, 0.29) is 5.97 Å². The van der Waals surface area contributed by atoms with Crippen molar-refractivity contribution in [1.82, 2.24) is 0 Å². The summed E-state index contributed by atoms with van der Waals surface area (Å²) in [6.07, 6.45) is 13.2. The van der Waals surface area contributed by atoms with Crippen molar-refractivity contribution in [3.63, 3.8) is 0 Å². The SMILES string of the molecule is COC(=O)CCCCCCCCCCCc1ccc(OCC2CO2)cc1. The molecule has 26 heavy (non-hydrogen) atoms. The van der Waals surface area contributed by atoms with Crippen LogP contribution in [0.2, 0.25) is 0 Å². The number of unbranched alkanes of at least 4 members (excludes halogenated alkanes) is 8. The van der Waals surface area contributed by atoms with Gasteiger partial charge >= 0.3 is 5.97 Å². The average molecular weight is 363 g/mol. The lowest BCUT2D eigenvalue weighted by atomic mass is 10.0. The molecule has 0 spiro atoms. The quantitative estimate of drug-likeness (QED) is 0.248. The molecule has 4 heteroatoms. The molecule has 1 heterocycles. The van der Waals surface area contributed by atoms with Crippen LogP contribution in [0, 0.1) is 0 Å². The summed E-state index contributed by atoms with van der Waals surface area (Å²) in [6.45, 7) is 1.51. The lowest BCUT2D eigenvalue weighted by Crippen LogP contribution is -2.03.